The van der Waals surface area contributed by atoms with Crippen molar-refractivity contribution in [3.05, 3.63) is 0 Å². The highest BCUT2D eigenvalue weighted by Crippen LogP contribution is 2.35. The lowest BCUT2D eigenvalue weighted by Crippen LogP contribution is -2.59. The molecule has 0 saturated carbocycles. The minimum atomic E-state index is -4.80. The summed E-state index contributed by atoms with van der Waals surface area (Å²) in [5.74, 6) is -1.48. The van der Waals surface area contributed by atoms with E-state index < -0.39 is 51.8 Å². The molecule has 6 nitrogen and oxygen atoms in total. The number of carbonyl (C=O) groups excluding carboxylic acids is 2. The van der Waals surface area contributed by atoms with Gasteiger partial charge in [-0.2, -0.15) is 13.2 Å². The summed E-state index contributed by atoms with van der Waals surface area (Å²) >= 11 is 0. The minimum absolute atomic E-state index is 0.189. The van der Waals surface area contributed by atoms with Crippen LogP contribution in [0.1, 0.15) is 47.0 Å². The molecule has 0 unspecified atom stereocenters. The van der Waals surface area contributed by atoms with Crippen molar-refractivity contribution in [3.8, 4) is 0 Å². The number of halogens is 3. The number of methoxy groups -OCH3 is 1. The maximum atomic E-state index is 13.6. The van der Waals surface area contributed by atoms with Crippen LogP contribution in [-0.2, 0) is 25.3 Å². The van der Waals surface area contributed by atoms with Crippen molar-refractivity contribution < 1.29 is 31.7 Å². The number of alkyl halides is 3. The number of nitrogens with zero attached hydrogens (tertiary/aromatic N) is 1. The van der Waals surface area contributed by atoms with E-state index in [1.54, 1.807) is 0 Å². The molecule has 1 aliphatic rings. The molecule has 0 aliphatic carbocycles. The Bertz CT molecular complexity index is 548. The third kappa shape index (κ3) is 5.16. The van der Waals surface area contributed by atoms with Crippen molar-refractivity contribution in [2.75, 3.05) is 13.7 Å². The number of nitrogens with one attached hydrogen (secondary N) is 1. The molecule has 1 saturated heterocycles. The second kappa shape index (κ2) is 7.61. The number of esters is 1. The van der Waals surface area contributed by atoms with E-state index in [9.17, 15) is 27.0 Å². The number of rotatable bonds is 5. The standard InChI is InChI=1S/C15H25F3N2O4S/c1-13(2,3)25(23)19-14(4,15(16,17)18)9-11(21)20-8-6-7-10(20)12(22)24-5/h10,19H,6-9H2,1-5H3/t10-,14-,25+/m0/s1. The Kier molecular flexibility index (Phi) is 6.66. The Hall–Kier alpha value is -1.16. The van der Waals surface area contributed by atoms with Crippen LogP contribution in [0.2, 0.25) is 0 Å². The fourth-order valence-corrected chi connectivity index (χ4v) is 3.31. The van der Waals surface area contributed by atoms with E-state index in [1.165, 1.54) is 20.8 Å². The summed E-state index contributed by atoms with van der Waals surface area (Å²) in [5, 5.41) is 0. The van der Waals surface area contributed by atoms with Crippen molar-refractivity contribution in [3.63, 3.8) is 0 Å². The van der Waals surface area contributed by atoms with E-state index in [-0.39, 0.29) is 6.54 Å². The van der Waals surface area contributed by atoms with Gasteiger partial charge in [0.2, 0.25) is 5.91 Å². The zero-order chi connectivity index (χ0) is 19.6. The van der Waals surface area contributed by atoms with Crippen LogP contribution in [0, 0.1) is 0 Å². The molecule has 0 aromatic carbocycles. The zero-order valence-corrected chi connectivity index (χ0v) is 15.8. The van der Waals surface area contributed by atoms with E-state index in [4.69, 9.17) is 0 Å². The molecule has 0 spiro atoms. The van der Waals surface area contributed by atoms with Crippen LogP contribution in [0.5, 0.6) is 0 Å². The summed E-state index contributed by atoms with van der Waals surface area (Å²) in [5.41, 5.74) is -2.68. The Morgan fingerprint density at radius 3 is 2.24 bits per heavy atom. The maximum Gasteiger partial charge on any atom is 0.407 e. The molecule has 0 bridgehead atoms. The Labute approximate surface area is 148 Å². The second-order valence-electron chi connectivity index (χ2n) is 7.26. The fraction of sp³-hybridized carbons (Fsp3) is 0.867. The highest BCUT2D eigenvalue weighted by atomic mass is 32.2. The Morgan fingerprint density at radius 1 is 1.24 bits per heavy atom. The SMILES string of the molecule is COC(=O)[C@@H]1CCCN1C(=O)C[C@](C)(N[S@](=O)C(C)(C)C)C(F)(F)F. The molecule has 0 aromatic rings. The van der Waals surface area contributed by atoms with Crippen LogP contribution >= 0.6 is 0 Å². The summed E-state index contributed by atoms with van der Waals surface area (Å²) in [7, 11) is -0.859. The first-order valence-corrected chi connectivity index (χ1v) is 9.01. The first-order chi connectivity index (χ1) is 11.2. The predicted molar refractivity (Wildman–Crippen MR) is 86.9 cm³/mol. The Balaban J connectivity index is 3.01. The van der Waals surface area contributed by atoms with E-state index in [2.05, 4.69) is 9.46 Å². The molecule has 10 heteroatoms. The molecule has 25 heavy (non-hydrogen) atoms. The van der Waals surface area contributed by atoms with Gasteiger partial charge in [0.25, 0.3) is 0 Å². The van der Waals surface area contributed by atoms with Gasteiger partial charge in [-0.25, -0.2) is 13.7 Å². The molecule has 1 fully saturated rings. The van der Waals surface area contributed by atoms with E-state index in [1.807, 2.05) is 0 Å². The minimum Gasteiger partial charge on any atom is -0.467 e. The normalized spacial score (nSPS) is 22.4. The van der Waals surface area contributed by atoms with Gasteiger partial charge in [0.05, 0.1) is 29.3 Å². The summed E-state index contributed by atoms with van der Waals surface area (Å²) in [4.78, 5) is 25.3. The van der Waals surface area contributed by atoms with Gasteiger partial charge in [0.15, 0.2) is 0 Å². The van der Waals surface area contributed by atoms with Crippen LogP contribution in [0.4, 0.5) is 13.2 Å². The van der Waals surface area contributed by atoms with Crippen LogP contribution in [0.25, 0.3) is 0 Å². The smallest absolute Gasteiger partial charge is 0.407 e. The molecule has 146 valence electrons. The number of ether oxygens (including phenoxy) is 1. The molecule has 1 rings (SSSR count). The zero-order valence-electron chi connectivity index (χ0n) is 15.0. The number of amides is 1. The van der Waals surface area contributed by atoms with Gasteiger partial charge in [0, 0.05) is 6.54 Å². The molecule has 3 atom stereocenters. The second-order valence-corrected chi connectivity index (χ2v) is 9.22. The molecule has 1 aliphatic heterocycles. The van der Waals surface area contributed by atoms with Gasteiger partial charge in [-0.3, -0.25) is 4.79 Å². The molecule has 0 aromatic heterocycles. The van der Waals surface area contributed by atoms with Crippen molar-refractivity contribution in [1.29, 1.82) is 0 Å². The summed E-state index contributed by atoms with van der Waals surface area (Å²) in [6.07, 6.45) is -4.89. The molecular formula is C15H25F3N2O4S. The maximum absolute atomic E-state index is 13.6. The molecule has 1 amide bonds. The van der Waals surface area contributed by atoms with E-state index in [0.717, 1.165) is 18.9 Å². The van der Waals surface area contributed by atoms with Crippen LogP contribution in [0.3, 0.4) is 0 Å². The van der Waals surface area contributed by atoms with Crippen molar-refractivity contribution in [2.45, 2.75) is 69.5 Å². The van der Waals surface area contributed by atoms with Crippen molar-refractivity contribution >= 4 is 22.9 Å². The van der Waals surface area contributed by atoms with Crippen molar-refractivity contribution in [1.82, 2.24) is 9.62 Å². The topological polar surface area (TPSA) is 75.7 Å². The average molecular weight is 386 g/mol. The lowest BCUT2D eigenvalue weighted by molar-refractivity contribution is -0.191. The van der Waals surface area contributed by atoms with E-state index in [0.29, 0.717) is 12.8 Å². The number of likely N-dealkylation sites (tertiary alicyclic amines) is 1. The van der Waals surface area contributed by atoms with Crippen LogP contribution in [-0.4, -0.2) is 57.1 Å². The highest BCUT2D eigenvalue weighted by molar-refractivity contribution is 7.84. The van der Waals surface area contributed by atoms with Crippen molar-refractivity contribution in [2.24, 2.45) is 0 Å². The van der Waals surface area contributed by atoms with Gasteiger partial charge in [-0.1, -0.05) is 0 Å². The predicted octanol–water partition coefficient (Wildman–Crippen LogP) is 1.91. The molecular weight excluding hydrogens is 361 g/mol. The third-order valence-electron chi connectivity index (χ3n) is 4.05. The molecule has 0 radical (unpaired) electrons. The first kappa shape index (κ1) is 21.9. The lowest BCUT2D eigenvalue weighted by Gasteiger charge is -2.36. The summed E-state index contributed by atoms with van der Waals surface area (Å²) < 4.78 is 58.6. The average Bonchev–Trinajstić information content (AvgIpc) is 2.93. The van der Waals surface area contributed by atoms with Gasteiger partial charge >= 0.3 is 12.1 Å². The summed E-state index contributed by atoms with van der Waals surface area (Å²) in [6.45, 7) is 5.58. The third-order valence-corrected chi connectivity index (χ3v) is 5.80. The molecule has 1 N–H and O–H groups in total. The molecule has 1 heterocycles. The van der Waals surface area contributed by atoms with Crippen LogP contribution in [0.15, 0.2) is 0 Å². The summed E-state index contributed by atoms with van der Waals surface area (Å²) in [6, 6.07) is -0.872. The Morgan fingerprint density at radius 2 is 1.80 bits per heavy atom. The first-order valence-electron chi connectivity index (χ1n) is 7.86. The quantitative estimate of drug-likeness (QED) is 0.733. The monoisotopic (exact) mass is 386 g/mol. The van der Waals surface area contributed by atoms with Gasteiger partial charge < -0.3 is 9.64 Å². The number of hydrogen-bond acceptors (Lipinski definition) is 4. The van der Waals surface area contributed by atoms with Gasteiger partial charge in [-0.15, -0.1) is 0 Å². The van der Waals surface area contributed by atoms with Crippen LogP contribution < -0.4 is 4.72 Å². The largest absolute Gasteiger partial charge is 0.467 e. The van der Waals surface area contributed by atoms with E-state index >= 15 is 0 Å². The fourth-order valence-electron chi connectivity index (χ4n) is 2.40. The highest BCUT2D eigenvalue weighted by Gasteiger charge is 2.55. The number of carbonyl (C=O) groups is 2. The number of hydrogen-bond donors (Lipinski definition) is 1. The lowest BCUT2D eigenvalue weighted by atomic mass is 9.97. The van der Waals surface area contributed by atoms with Gasteiger partial charge in [-0.05, 0) is 40.5 Å². The van der Waals surface area contributed by atoms with Gasteiger partial charge in [0.1, 0.15) is 11.6 Å².